The Kier molecular flexibility index (Phi) is 2.91. The number of rotatable bonds is 2. The first kappa shape index (κ1) is 10.8. The molecule has 0 atom stereocenters. The zero-order valence-corrected chi connectivity index (χ0v) is 10.7. The number of benzene rings is 1. The van der Waals surface area contributed by atoms with Gasteiger partial charge in [-0.2, -0.15) is 0 Å². The summed E-state index contributed by atoms with van der Waals surface area (Å²) < 4.78 is 7.18. The van der Waals surface area contributed by atoms with Crippen molar-refractivity contribution in [2.24, 2.45) is 0 Å². The van der Waals surface area contributed by atoms with Crippen LogP contribution in [0.1, 0.15) is 26.7 Å². The molecular formula is C12H16BrNO. The average molecular weight is 270 g/mol. The molecule has 82 valence electrons. The van der Waals surface area contributed by atoms with Gasteiger partial charge in [0.05, 0.1) is 12.2 Å². The van der Waals surface area contributed by atoms with Crippen LogP contribution in [0, 0.1) is 0 Å². The molecule has 0 saturated carbocycles. The van der Waals surface area contributed by atoms with Gasteiger partial charge in [-0.15, -0.1) is 0 Å². The van der Waals surface area contributed by atoms with Crippen molar-refractivity contribution < 1.29 is 4.74 Å². The minimum absolute atomic E-state index is 0.0339. The number of para-hydroxylation sites is 1. The molecule has 2 rings (SSSR count). The maximum Gasteiger partial charge on any atom is 0.144 e. The van der Waals surface area contributed by atoms with E-state index in [1.54, 1.807) is 0 Å². The number of nitrogens with one attached hydrogen (secondary N) is 1. The molecular weight excluding hydrogens is 254 g/mol. The van der Waals surface area contributed by atoms with Gasteiger partial charge in [0, 0.05) is 4.47 Å². The fourth-order valence-corrected chi connectivity index (χ4v) is 2.41. The standard InChI is InChI=1S/C12H16BrNO/c1-3-12(4-2)8-14-11-9(13)6-5-7-10(11)15-12/h5-7,14H,3-4,8H2,1-2H3. The van der Waals surface area contributed by atoms with Crippen LogP contribution in [0.2, 0.25) is 0 Å². The fourth-order valence-electron chi connectivity index (χ4n) is 1.92. The molecule has 0 spiro atoms. The van der Waals surface area contributed by atoms with E-state index in [2.05, 4.69) is 35.1 Å². The molecule has 1 aromatic carbocycles. The predicted octanol–water partition coefficient (Wildman–Crippen LogP) is 3.81. The van der Waals surface area contributed by atoms with Crippen LogP contribution in [-0.4, -0.2) is 12.1 Å². The Morgan fingerprint density at radius 2 is 2.13 bits per heavy atom. The molecule has 0 radical (unpaired) electrons. The van der Waals surface area contributed by atoms with E-state index in [0.29, 0.717) is 0 Å². The highest BCUT2D eigenvalue weighted by atomic mass is 79.9. The van der Waals surface area contributed by atoms with Gasteiger partial charge in [-0.05, 0) is 40.9 Å². The van der Waals surface area contributed by atoms with Crippen LogP contribution in [0.3, 0.4) is 0 Å². The van der Waals surface area contributed by atoms with Gasteiger partial charge in [0.25, 0.3) is 0 Å². The topological polar surface area (TPSA) is 21.3 Å². The van der Waals surface area contributed by atoms with Crippen LogP contribution in [-0.2, 0) is 0 Å². The van der Waals surface area contributed by atoms with Gasteiger partial charge >= 0.3 is 0 Å². The molecule has 0 bridgehead atoms. The number of ether oxygens (including phenoxy) is 1. The Morgan fingerprint density at radius 1 is 1.40 bits per heavy atom. The maximum atomic E-state index is 6.11. The normalized spacial score (nSPS) is 17.5. The molecule has 0 amide bonds. The number of anilines is 1. The molecule has 1 aromatic rings. The summed E-state index contributed by atoms with van der Waals surface area (Å²) in [7, 11) is 0. The van der Waals surface area contributed by atoms with Crippen molar-refractivity contribution in [3.63, 3.8) is 0 Å². The molecule has 1 heterocycles. The first-order valence-electron chi connectivity index (χ1n) is 5.42. The summed E-state index contributed by atoms with van der Waals surface area (Å²) in [5.41, 5.74) is 1.04. The fraction of sp³-hybridized carbons (Fsp3) is 0.500. The van der Waals surface area contributed by atoms with Crippen LogP contribution in [0.25, 0.3) is 0 Å². The molecule has 2 nitrogen and oxygen atoms in total. The van der Waals surface area contributed by atoms with E-state index in [9.17, 15) is 0 Å². The van der Waals surface area contributed by atoms with Gasteiger partial charge < -0.3 is 10.1 Å². The predicted molar refractivity (Wildman–Crippen MR) is 66.6 cm³/mol. The Morgan fingerprint density at radius 3 is 2.80 bits per heavy atom. The molecule has 0 unspecified atom stereocenters. The maximum absolute atomic E-state index is 6.11. The highest BCUT2D eigenvalue weighted by Gasteiger charge is 2.33. The molecule has 3 heteroatoms. The summed E-state index contributed by atoms with van der Waals surface area (Å²) in [6.07, 6.45) is 2.06. The molecule has 1 N–H and O–H groups in total. The van der Waals surface area contributed by atoms with Crippen LogP contribution in [0.5, 0.6) is 5.75 Å². The third-order valence-electron chi connectivity index (χ3n) is 3.18. The number of hydrogen-bond donors (Lipinski definition) is 1. The lowest BCUT2D eigenvalue weighted by Gasteiger charge is -2.38. The highest BCUT2D eigenvalue weighted by molar-refractivity contribution is 9.10. The largest absolute Gasteiger partial charge is 0.483 e. The Labute approximate surface area is 99.1 Å². The molecule has 0 fully saturated rings. The second-order valence-electron chi connectivity index (χ2n) is 3.96. The quantitative estimate of drug-likeness (QED) is 0.882. The van der Waals surface area contributed by atoms with E-state index in [1.165, 1.54) is 0 Å². The number of halogens is 1. The monoisotopic (exact) mass is 269 g/mol. The lowest BCUT2D eigenvalue weighted by molar-refractivity contribution is 0.0669. The van der Waals surface area contributed by atoms with Gasteiger partial charge in [-0.3, -0.25) is 0 Å². The van der Waals surface area contributed by atoms with Crippen LogP contribution in [0.4, 0.5) is 5.69 Å². The molecule has 1 aliphatic heterocycles. The number of hydrogen-bond acceptors (Lipinski definition) is 2. The summed E-state index contributed by atoms with van der Waals surface area (Å²) in [5, 5.41) is 3.45. The van der Waals surface area contributed by atoms with Gasteiger partial charge in [0.2, 0.25) is 0 Å². The Balaban J connectivity index is 2.34. The molecule has 0 aliphatic carbocycles. The SMILES string of the molecule is CCC1(CC)CNc2c(Br)cccc2O1. The summed E-state index contributed by atoms with van der Waals surface area (Å²) in [5.74, 6) is 0.958. The summed E-state index contributed by atoms with van der Waals surface area (Å²) in [6, 6.07) is 6.05. The average Bonchev–Trinajstić information content (AvgIpc) is 2.29. The van der Waals surface area contributed by atoms with E-state index in [4.69, 9.17) is 4.74 Å². The van der Waals surface area contributed by atoms with E-state index in [-0.39, 0.29) is 5.60 Å². The van der Waals surface area contributed by atoms with E-state index >= 15 is 0 Å². The minimum Gasteiger partial charge on any atom is -0.483 e. The van der Waals surface area contributed by atoms with E-state index in [0.717, 1.165) is 35.3 Å². The van der Waals surface area contributed by atoms with Crippen molar-refractivity contribution >= 4 is 21.6 Å². The minimum atomic E-state index is -0.0339. The lowest BCUT2D eigenvalue weighted by atomic mass is 9.95. The third kappa shape index (κ3) is 1.85. The molecule has 1 aliphatic rings. The van der Waals surface area contributed by atoms with Crippen molar-refractivity contribution in [2.45, 2.75) is 32.3 Å². The highest BCUT2D eigenvalue weighted by Crippen LogP contribution is 2.40. The van der Waals surface area contributed by atoms with Gasteiger partial charge in [0.15, 0.2) is 0 Å². The third-order valence-corrected chi connectivity index (χ3v) is 3.84. The summed E-state index contributed by atoms with van der Waals surface area (Å²) in [6.45, 7) is 5.23. The second kappa shape index (κ2) is 4.05. The van der Waals surface area contributed by atoms with Crippen LogP contribution in [0.15, 0.2) is 22.7 Å². The van der Waals surface area contributed by atoms with Crippen LogP contribution >= 0.6 is 15.9 Å². The van der Waals surface area contributed by atoms with E-state index in [1.807, 2.05) is 18.2 Å². The summed E-state index contributed by atoms with van der Waals surface area (Å²) >= 11 is 3.52. The molecule has 0 aromatic heterocycles. The summed E-state index contributed by atoms with van der Waals surface area (Å²) in [4.78, 5) is 0. The lowest BCUT2D eigenvalue weighted by Crippen LogP contribution is -2.44. The smallest absolute Gasteiger partial charge is 0.144 e. The first-order chi connectivity index (χ1) is 7.21. The van der Waals surface area contributed by atoms with Gasteiger partial charge in [-0.25, -0.2) is 0 Å². The van der Waals surface area contributed by atoms with Crippen molar-refractivity contribution in [1.29, 1.82) is 0 Å². The Bertz CT molecular complexity index is 361. The second-order valence-corrected chi connectivity index (χ2v) is 4.81. The van der Waals surface area contributed by atoms with Crippen molar-refractivity contribution in [3.8, 4) is 5.75 Å². The molecule has 0 saturated heterocycles. The Hall–Kier alpha value is -0.700. The molecule has 15 heavy (non-hydrogen) atoms. The van der Waals surface area contributed by atoms with Crippen molar-refractivity contribution in [1.82, 2.24) is 0 Å². The van der Waals surface area contributed by atoms with Crippen molar-refractivity contribution in [3.05, 3.63) is 22.7 Å². The van der Waals surface area contributed by atoms with E-state index < -0.39 is 0 Å². The zero-order chi connectivity index (χ0) is 10.9. The zero-order valence-electron chi connectivity index (χ0n) is 9.14. The first-order valence-corrected chi connectivity index (χ1v) is 6.21. The van der Waals surface area contributed by atoms with Gasteiger partial charge in [-0.1, -0.05) is 19.9 Å². The van der Waals surface area contributed by atoms with Crippen molar-refractivity contribution in [2.75, 3.05) is 11.9 Å². The van der Waals surface area contributed by atoms with Gasteiger partial charge in [0.1, 0.15) is 11.4 Å². The number of fused-ring (bicyclic) bond motifs is 1. The van der Waals surface area contributed by atoms with Crippen LogP contribution < -0.4 is 10.1 Å².